The normalized spacial score (nSPS) is 20.0. The number of sulfone groups is 1. The fourth-order valence-electron chi connectivity index (χ4n) is 2.61. The smallest absolute Gasteiger partial charge is 0.353 e. The first kappa shape index (κ1) is 17.8. The van der Waals surface area contributed by atoms with Crippen LogP contribution in [0.1, 0.15) is 30.7 Å². The molecule has 0 spiro atoms. The highest BCUT2D eigenvalue weighted by atomic mass is 32.2. The van der Waals surface area contributed by atoms with Crippen molar-refractivity contribution in [3.05, 3.63) is 35.9 Å². The first-order valence-corrected chi connectivity index (χ1v) is 9.11. The number of rotatable bonds is 4. The molecule has 0 radical (unpaired) electrons. The molecule has 0 bridgehead atoms. The van der Waals surface area contributed by atoms with Crippen molar-refractivity contribution in [2.45, 2.75) is 37.4 Å². The van der Waals surface area contributed by atoms with Crippen molar-refractivity contribution in [3.8, 4) is 0 Å². The van der Waals surface area contributed by atoms with E-state index in [2.05, 4.69) is 5.32 Å². The molecule has 2 rings (SSSR count). The third kappa shape index (κ3) is 5.23. The maximum atomic E-state index is 13.2. The first-order valence-electron chi connectivity index (χ1n) is 7.29. The quantitative estimate of drug-likeness (QED) is 0.908. The lowest BCUT2D eigenvalue weighted by Gasteiger charge is -2.25. The number of hydrogen-bond acceptors (Lipinski definition) is 3. The minimum absolute atomic E-state index is 0.0423. The van der Waals surface area contributed by atoms with Crippen LogP contribution in [0.15, 0.2) is 30.3 Å². The monoisotopic (exact) mass is 349 g/mol. The Morgan fingerprint density at radius 3 is 2.26 bits per heavy atom. The van der Waals surface area contributed by atoms with Gasteiger partial charge in [0.05, 0.1) is 17.4 Å². The Labute approximate surface area is 133 Å². The molecule has 23 heavy (non-hydrogen) atoms. The van der Waals surface area contributed by atoms with Gasteiger partial charge in [0.2, 0.25) is 5.91 Å². The van der Waals surface area contributed by atoms with Crippen LogP contribution in [-0.2, 0) is 14.6 Å². The zero-order valence-corrected chi connectivity index (χ0v) is 13.2. The number of nitrogens with one attached hydrogen (secondary N) is 1. The van der Waals surface area contributed by atoms with E-state index in [4.69, 9.17) is 0 Å². The van der Waals surface area contributed by atoms with Gasteiger partial charge in [-0.1, -0.05) is 30.3 Å². The van der Waals surface area contributed by atoms with Gasteiger partial charge < -0.3 is 5.32 Å². The molecule has 0 aliphatic carbocycles. The largest absolute Gasteiger partial charge is 0.396 e. The molecule has 0 aromatic heterocycles. The summed E-state index contributed by atoms with van der Waals surface area (Å²) in [6, 6.07) is 6.92. The van der Waals surface area contributed by atoms with Gasteiger partial charge in [0.15, 0.2) is 0 Å². The first-order chi connectivity index (χ1) is 10.7. The number of alkyl halides is 3. The fraction of sp³-hybridized carbons (Fsp3) is 0.533. The molecule has 1 unspecified atom stereocenters. The molecule has 128 valence electrons. The van der Waals surface area contributed by atoms with Crippen molar-refractivity contribution >= 4 is 15.7 Å². The van der Waals surface area contributed by atoms with Crippen molar-refractivity contribution in [1.29, 1.82) is 0 Å². The number of hydrogen-bond donors (Lipinski definition) is 1. The summed E-state index contributed by atoms with van der Waals surface area (Å²) in [4.78, 5) is 11.9. The molecule has 1 heterocycles. The summed E-state index contributed by atoms with van der Waals surface area (Å²) < 4.78 is 62.2. The van der Waals surface area contributed by atoms with E-state index in [-0.39, 0.29) is 36.0 Å². The molecule has 1 N–H and O–H groups in total. The summed E-state index contributed by atoms with van der Waals surface area (Å²) in [6.45, 7) is 0. The van der Waals surface area contributed by atoms with Crippen LogP contribution in [-0.4, -0.2) is 38.0 Å². The van der Waals surface area contributed by atoms with E-state index in [1.807, 2.05) is 0 Å². The van der Waals surface area contributed by atoms with Crippen LogP contribution in [0.3, 0.4) is 0 Å². The Bertz CT molecular complexity index is 630. The van der Waals surface area contributed by atoms with E-state index in [0.717, 1.165) is 0 Å². The zero-order valence-electron chi connectivity index (χ0n) is 12.3. The van der Waals surface area contributed by atoms with Crippen LogP contribution in [0, 0.1) is 0 Å². The van der Waals surface area contributed by atoms with Crippen molar-refractivity contribution in [1.82, 2.24) is 5.32 Å². The molecule has 8 heteroatoms. The third-order valence-corrected chi connectivity index (χ3v) is 5.62. The number of halogens is 3. The lowest BCUT2D eigenvalue weighted by molar-refractivity contribution is -0.157. The number of carbonyl (C=O) groups excluding carboxylic acids is 1. The maximum absolute atomic E-state index is 13.2. The van der Waals surface area contributed by atoms with Crippen molar-refractivity contribution in [3.63, 3.8) is 0 Å². The van der Waals surface area contributed by atoms with Crippen molar-refractivity contribution in [2.24, 2.45) is 0 Å². The summed E-state index contributed by atoms with van der Waals surface area (Å²) in [5.41, 5.74) is 0.0429. The van der Waals surface area contributed by atoms with E-state index in [1.165, 1.54) is 24.3 Å². The molecule has 1 aromatic rings. The Morgan fingerprint density at radius 1 is 1.17 bits per heavy atom. The fourth-order valence-corrected chi connectivity index (χ4v) is 4.11. The van der Waals surface area contributed by atoms with Gasteiger partial charge in [-0.25, -0.2) is 8.42 Å². The predicted octanol–water partition coefficient (Wildman–Crippen LogP) is 2.42. The average Bonchev–Trinajstić information content (AvgIpc) is 2.47. The van der Waals surface area contributed by atoms with Gasteiger partial charge in [0.1, 0.15) is 9.84 Å². The molecule has 0 saturated carbocycles. The summed E-state index contributed by atoms with van der Waals surface area (Å²) >= 11 is 0. The zero-order chi connectivity index (χ0) is 17.1. The van der Waals surface area contributed by atoms with Crippen LogP contribution < -0.4 is 5.32 Å². The number of carbonyl (C=O) groups is 1. The standard InChI is InChI=1S/C15H18F3NO3S/c16-15(17,18)13(11-4-2-1-3-5-11)10-14(20)19-12-6-8-23(21,22)9-7-12/h1-5,12-13H,6-10H2,(H,19,20). The van der Waals surface area contributed by atoms with Crippen LogP contribution >= 0.6 is 0 Å². The SMILES string of the molecule is O=C(CC(c1ccccc1)C(F)(F)F)NC1CCS(=O)(=O)CC1. The van der Waals surface area contributed by atoms with Gasteiger partial charge in [0, 0.05) is 12.5 Å². The van der Waals surface area contributed by atoms with Gasteiger partial charge >= 0.3 is 6.18 Å². The summed E-state index contributed by atoms with van der Waals surface area (Å²) in [5, 5.41) is 2.53. The molecule has 1 saturated heterocycles. The second kappa shape index (κ2) is 6.90. The topological polar surface area (TPSA) is 63.2 Å². The summed E-state index contributed by atoms with van der Waals surface area (Å²) in [5.74, 6) is -2.66. The molecule has 1 atom stereocenters. The van der Waals surface area contributed by atoms with Gasteiger partial charge in [-0.2, -0.15) is 13.2 Å². The van der Waals surface area contributed by atoms with Crippen LogP contribution in [0.25, 0.3) is 0 Å². The van der Waals surface area contributed by atoms with Crippen molar-refractivity contribution in [2.75, 3.05) is 11.5 Å². The Kier molecular flexibility index (Phi) is 5.33. The van der Waals surface area contributed by atoms with Crippen LogP contribution in [0.5, 0.6) is 0 Å². The molecule has 1 amide bonds. The molecule has 1 aliphatic rings. The molecule has 1 fully saturated rings. The minimum atomic E-state index is -4.52. The van der Waals surface area contributed by atoms with Gasteiger partial charge in [-0.15, -0.1) is 0 Å². The highest BCUT2D eigenvalue weighted by Crippen LogP contribution is 2.37. The Balaban J connectivity index is 1.99. The predicted molar refractivity (Wildman–Crippen MR) is 79.7 cm³/mol. The van der Waals surface area contributed by atoms with Gasteiger partial charge in [-0.05, 0) is 18.4 Å². The van der Waals surface area contributed by atoms with Gasteiger partial charge in [-0.3, -0.25) is 4.79 Å². The molecule has 1 aromatic carbocycles. The molecule has 4 nitrogen and oxygen atoms in total. The minimum Gasteiger partial charge on any atom is -0.353 e. The van der Waals surface area contributed by atoms with E-state index in [0.29, 0.717) is 0 Å². The number of benzene rings is 1. The highest BCUT2D eigenvalue weighted by molar-refractivity contribution is 7.91. The molecule has 1 aliphatic heterocycles. The Morgan fingerprint density at radius 2 is 1.74 bits per heavy atom. The second-order valence-electron chi connectivity index (χ2n) is 5.70. The summed E-state index contributed by atoms with van der Waals surface area (Å²) in [7, 11) is -3.07. The van der Waals surface area contributed by atoms with Crippen LogP contribution in [0.4, 0.5) is 13.2 Å². The van der Waals surface area contributed by atoms with Crippen LogP contribution in [0.2, 0.25) is 0 Å². The van der Waals surface area contributed by atoms with Crippen molar-refractivity contribution < 1.29 is 26.4 Å². The van der Waals surface area contributed by atoms with E-state index >= 15 is 0 Å². The number of amides is 1. The summed E-state index contributed by atoms with van der Waals surface area (Å²) in [6.07, 6.45) is -4.72. The molecular formula is C15H18F3NO3S. The lowest BCUT2D eigenvalue weighted by Crippen LogP contribution is -2.42. The van der Waals surface area contributed by atoms with E-state index in [1.54, 1.807) is 6.07 Å². The average molecular weight is 349 g/mol. The highest BCUT2D eigenvalue weighted by Gasteiger charge is 2.42. The second-order valence-corrected chi connectivity index (χ2v) is 8.01. The van der Waals surface area contributed by atoms with Gasteiger partial charge in [0.25, 0.3) is 0 Å². The third-order valence-electron chi connectivity index (χ3n) is 3.91. The van der Waals surface area contributed by atoms with E-state index < -0.39 is 34.3 Å². The molecular weight excluding hydrogens is 331 g/mol. The Hall–Kier alpha value is -1.57. The lowest BCUT2D eigenvalue weighted by atomic mass is 9.94. The van der Waals surface area contributed by atoms with E-state index in [9.17, 15) is 26.4 Å². The maximum Gasteiger partial charge on any atom is 0.396 e.